The van der Waals surface area contributed by atoms with Gasteiger partial charge in [0.25, 0.3) is 0 Å². The molecule has 0 spiro atoms. The van der Waals surface area contributed by atoms with Crippen LogP contribution in [0.15, 0.2) is 18.6 Å². The molecule has 1 saturated heterocycles. The van der Waals surface area contributed by atoms with Gasteiger partial charge in [-0.2, -0.15) is 5.10 Å². The van der Waals surface area contributed by atoms with Crippen LogP contribution < -0.4 is 0 Å². The molecule has 24 heavy (non-hydrogen) atoms. The number of aryl methyl sites for hydroxylation is 2. The first-order chi connectivity index (χ1) is 11.6. The molecule has 1 atom stereocenters. The second kappa shape index (κ2) is 6.16. The summed E-state index contributed by atoms with van der Waals surface area (Å²) in [5.74, 6) is 1.52. The summed E-state index contributed by atoms with van der Waals surface area (Å²) in [5.41, 5.74) is 2.73. The van der Waals surface area contributed by atoms with Gasteiger partial charge >= 0.3 is 0 Å². The van der Waals surface area contributed by atoms with Crippen molar-refractivity contribution in [1.82, 2.24) is 24.2 Å². The van der Waals surface area contributed by atoms with E-state index < -0.39 is 0 Å². The quantitative estimate of drug-likeness (QED) is 0.790. The van der Waals surface area contributed by atoms with Gasteiger partial charge in [0.15, 0.2) is 5.82 Å². The van der Waals surface area contributed by atoms with Gasteiger partial charge in [0.1, 0.15) is 0 Å². The Morgan fingerprint density at radius 2 is 2.12 bits per heavy atom. The molecule has 1 aliphatic carbocycles. The SMILES string of the molecule is Cn1ccnc1C(=O)[C@H]1CCCN(Cc2cnn(C)c2C2CC2)C1. The summed E-state index contributed by atoms with van der Waals surface area (Å²) in [6.45, 7) is 2.79. The lowest BCUT2D eigenvalue weighted by atomic mass is 9.93. The second-order valence-corrected chi connectivity index (χ2v) is 7.25. The van der Waals surface area contributed by atoms with E-state index in [-0.39, 0.29) is 11.7 Å². The number of hydrogen-bond acceptors (Lipinski definition) is 4. The molecule has 6 nitrogen and oxygen atoms in total. The van der Waals surface area contributed by atoms with Crippen molar-refractivity contribution in [1.29, 1.82) is 0 Å². The zero-order valence-electron chi connectivity index (χ0n) is 14.5. The number of carbonyl (C=O) groups excluding carboxylic acids is 1. The van der Waals surface area contributed by atoms with Crippen molar-refractivity contribution in [3.63, 3.8) is 0 Å². The summed E-state index contributed by atoms with van der Waals surface area (Å²) in [6.07, 6.45) is 10.2. The Morgan fingerprint density at radius 3 is 2.83 bits per heavy atom. The predicted molar refractivity (Wildman–Crippen MR) is 90.7 cm³/mol. The van der Waals surface area contributed by atoms with E-state index >= 15 is 0 Å². The minimum Gasteiger partial charge on any atom is -0.332 e. The van der Waals surface area contributed by atoms with Gasteiger partial charge in [-0.3, -0.25) is 14.4 Å². The average molecular weight is 327 g/mol. The summed E-state index contributed by atoms with van der Waals surface area (Å²) in [4.78, 5) is 19.4. The van der Waals surface area contributed by atoms with Gasteiger partial charge in [-0.25, -0.2) is 4.98 Å². The van der Waals surface area contributed by atoms with Crippen LogP contribution in [0.3, 0.4) is 0 Å². The standard InChI is InChI=1S/C18H25N5O/c1-21-9-7-19-18(21)17(24)14-4-3-8-23(11-14)12-15-10-20-22(2)16(15)13-5-6-13/h7,9-10,13-14H,3-6,8,11-12H2,1-2H3/t14-/m0/s1. The van der Waals surface area contributed by atoms with E-state index in [0.717, 1.165) is 32.5 Å². The molecule has 0 amide bonds. The predicted octanol–water partition coefficient (Wildman–Crippen LogP) is 2.13. The Hall–Kier alpha value is -1.95. The molecule has 0 radical (unpaired) electrons. The molecule has 1 saturated carbocycles. The van der Waals surface area contributed by atoms with E-state index in [0.29, 0.717) is 11.7 Å². The van der Waals surface area contributed by atoms with Gasteiger partial charge in [0.05, 0.1) is 6.20 Å². The van der Waals surface area contributed by atoms with Gasteiger partial charge in [0, 0.05) is 62.7 Å². The molecule has 2 aromatic heterocycles. The molecule has 0 unspecified atom stereocenters. The monoisotopic (exact) mass is 327 g/mol. The number of nitrogens with zero attached hydrogens (tertiary/aromatic N) is 5. The number of carbonyl (C=O) groups is 1. The van der Waals surface area contributed by atoms with Crippen LogP contribution in [0.1, 0.15) is 53.5 Å². The molecule has 0 N–H and O–H groups in total. The Morgan fingerprint density at radius 1 is 1.29 bits per heavy atom. The number of ketones is 1. The van der Waals surface area contributed by atoms with Gasteiger partial charge in [-0.15, -0.1) is 0 Å². The maximum atomic E-state index is 12.7. The minimum absolute atomic E-state index is 0.0564. The van der Waals surface area contributed by atoms with Gasteiger partial charge in [0.2, 0.25) is 5.78 Å². The number of aromatic nitrogens is 4. The highest BCUT2D eigenvalue weighted by Crippen LogP contribution is 2.41. The summed E-state index contributed by atoms with van der Waals surface area (Å²) in [6, 6.07) is 0. The molecule has 3 heterocycles. The first kappa shape index (κ1) is 15.6. The molecule has 0 bridgehead atoms. The maximum absolute atomic E-state index is 12.7. The first-order valence-corrected chi connectivity index (χ1v) is 8.88. The lowest BCUT2D eigenvalue weighted by Crippen LogP contribution is -2.39. The van der Waals surface area contributed by atoms with Crippen molar-refractivity contribution in [2.75, 3.05) is 13.1 Å². The van der Waals surface area contributed by atoms with E-state index in [4.69, 9.17) is 0 Å². The molecule has 2 fully saturated rings. The van der Waals surface area contributed by atoms with Crippen LogP contribution >= 0.6 is 0 Å². The highest BCUT2D eigenvalue weighted by Gasteiger charge is 2.32. The highest BCUT2D eigenvalue weighted by atomic mass is 16.1. The molecule has 2 aliphatic rings. The van der Waals surface area contributed by atoms with Crippen molar-refractivity contribution in [2.24, 2.45) is 20.0 Å². The second-order valence-electron chi connectivity index (χ2n) is 7.25. The molecule has 1 aliphatic heterocycles. The van der Waals surface area contributed by atoms with E-state index in [9.17, 15) is 4.79 Å². The molecule has 128 valence electrons. The van der Waals surface area contributed by atoms with Gasteiger partial charge < -0.3 is 4.57 Å². The summed E-state index contributed by atoms with van der Waals surface area (Å²) in [5, 5.41) is 4.46. The number of piperidine rings is 1. The normalized spacial score (nSPS) is 22.0. The highest BCUT2D eigenvalue weighted by molar-refractivity contribution is 5.94. The molecule has 2 aromatic rings. The summed E-state index contributed by atoms with van der Waals surface area (Å²) >= 11 is 0. The van der Waals surface area contributed by atoms with Gasteiger partial charge in [-0.1, -0.05) is 0 Å². The maximum Gasteiger partial charge on any atom is 0.202 e. The summed E-state index contributed by atoms with van der Waals surface area (Å²) < 4.78 is 3.86. The number of hydrogen-bond donors (Lipinski definition) is 0. The van der Waals surface area contributed by atoms with Crippen molar-refractivity contribution in [3.05, 3.63) is 35.7 Å². The number of rotatable bonds is 5. The van der Waals surface area contributed by atoms with E-state index in [1.807, 2.05) is 35.7 Å². The van der Waals surface area contributed by atoms with Crippen LogP contribution in [0, 0.1) is 5.92 Å². The zero-order chi connectivity index (χ0) is 16.7. The van der Waals surface area contributed by atoms with Crippen LogP contribution in [0.4, 0.5) is 0 Å². The Bertz CT molecular complexity index is 742. The Balaban J connectivity index is 1.46. The van der Waals surface area contributed by atoms with Crippen molar-refractivity contribution in [2.45, 2.75) is 38.1 Å². The summed E-state index contributed by atoms with van der Waals surface area (Å²) in [7, 11) is 3.93. The van der Waals surface area contributed by atoms with Crippen LogP contribution in [0.25, 0.3) is 0 Å². The molecule has 6 heteroatoms. The van der Waals surface area contributed by atoms with E-state index in [1.165, 1.54) is 24.1 Å². The fourth-order valence-electron chi connectivity index (χ4n) is 3.94. The van der Waals surface area contributed by atoms with Crippen molar-refractivity contribution < 1.29 is 4.79 Å². The Labute approximate surface area is 142 Å². The van der Waals surface area contributed by atoms with Crippen LogP contribution in [-0.4, -0.2) is 43.1 Å². The van der Waals surface area contributed by atoms with Gasteiger partial charge in [-0.05, 0) is 32.2 Å². The largest absolute Gasteiger partial charge is 0.332 e. The molecule has 0 aromatic carbocycles. The number of likely N-dealkylation sites (tertiary alicyclic amines) is 1. The zero-order valence-corrected chi connectivity index (χ0v) is 14.5. The fourth-order valence-corrected chi connectivity index (χ4v) is 3.94. The fraction of sp³-hybridized carbons (Fsp3) is 0.611. The number of Topliss-reactive ketones (excluding diaryl/α,β-unsaturated/α-hetero) is 1. The van der Waals surface area contributed by atoms with E-state index in [2.05, 4.69) is 15.0 Å². The number of imidazole rings is 1. The van der Waals surface area contributed by atoms with E-state index in [1.54, 1.807) is 6.20 Å². The topological polar surface area (TPSA) is 56.0 Å². The first-order valence-electron chi connectivity index (χ1n) is 8.88. The molecular weight excluding hydrogens is 302 g/mol. The lowest BCUT2D eigenvalue weighted by molar-refractivity contribution is 0.0797. The lowest BCUT2D eigenvalue weighted by Gasteiger charge is -2.31. The van der Waals surface area contributed by atoms with Crippen molar-refractivity contribution in [3.8, 4) is 0 Å². The Kier molecular flexibility index (Phi) is 4.00. The minimum atomic E-state index is 0.0564. The van der Waals surface area contributed by atoms with Crippen molar-refractivity contribution >= 4 is 5.78 Å². The average Bonchev–Trinajstić information content (AvgIpc) is 3.22. The third kappa shape index (κ3) is 2.90. The van der Waals surface area contributed by atoms with Crippen LogP contribution in [-0.2, 0) is 20.6 Å². The molecular formula is C18H25N5O. The third-order valence-corrected chi connectivity index (χ3v) is 5.34. The van der Waals surface area contributed by atoms with Crippen LogP contribution in [0.5, 0.6) is 0 Å². The third-order valence-electron chi connectivity index (χ3n) is 5.34. The van der Waals surface area contributed by atoms with Crippen LogP contribution in [0.2, 0.25) is 0 Å². The molecule has 4 rings (SSSR count). The smallest absolute Gasteiger partial charge is 0.202 e.